The zero-order valence-electron chi connectivity index (χ0n) is 17.1. The van der Waals surface area contributed by atoms with Gasteiger partial charge in [0.2, 0.25) is 6.29 Å². The van der Waals surface area contributed by atoms with E-state index in [9.17, 15) is 23.7 Å². The number of aryl methyl sites for hydroxylation is 1. The third-order valence-electron chi connectivity index (χ3n) is 5.04. The lowest BCUT2D eigenvalue weighted by molar-refractivity contribution is -0.276. The quantitative estimate of drug-likeness (QED) is 0.277. The summed E-state index contributed by atoms with van der Waals surface area (Å²) >= 11 is 0. The molecule has 1 heterocycles. The fourth-order valence-corrected chi connectivity index (χ4v) is 3.59. The van der Waals surface area contributed by atoms with E-state index in [0.717, 1.165) is 18.4 Å². The Balaban J connectivity index is 1.87. The van der Waals surface area contributed by atoms with E-state index >= 15 is 0 Å². The highest BCUT2D eigenvalue weighted by molar-refractivity contribution is 7.80. The predicted octanol–water partition coefficient (Wildman–Crippen LogP) is 1.60. The molecule has 0 radical (unpaired) electrons. The lowest BCUT2D eigenvalue weighted by atomic mass is 9.99. The smallest absolute Gasteiger partial charge is 0.397 e. The van der Waals surface area contributed by atoms with E-state index in [0.29, 0.717) is 5.75 Å². The van der Waals surface area contributed by atoms with Crippen molar-refractivity contribution < 1.29 is 41.9 Å². The second-order valence-electron chi connectivity index (χ2n) is 7.51. The maximum absolute atomic E-state index is 10.7. The van der Waals surface area contributed by atoms with Crippen LogP contribution < -0.4 is 4.74 Å². The van der Waals surface area contributed by atoms with Crippen LogP contribution in [0.15, 0.2) is 24.3 Å². The number of benzene rings is 1. The van der Waals surface area contributed by atoms with Gasteiger partial charge in [-0.25, -0.2) is 4.18 Å². The van der Waals surface area contributed by atoms with Crippen LogP contribution in [0.25, 0.3) is 0 Å². The molecule has 1 aliphatic heterocycles. The van der Waals surface area contributed by atoms with Crippen LogP contribution >= 0.6 is 0 Å². The molecule has 172 valence electrons. The van der Waals surface area contributed by atoms with Crippen LogP contribution in [0.2, 0.25) is 0 Å². The van der Waals surface area contributed by atoms with Crippen LogP contribution in [0.3, 0.4) is 0 Å². The van der Waals surface area contributed by atoms with Crippen molar-refractivity contribution in [3.63, 3.8) is 0 Å². The third-order valence-corrected chi connectivity index (χ3v) is 5.48. The molecule has 1 aromatic carbocycles. The van der Waals surface area contributed by atoms with E-state index < -0.39 is 47.7 Å². The average Bonchev–Trinajstić information content (AvgIpc) is 2.70. The Kier molecular flexibility index (Phi) is 9.95. The molecule has 4 N–H and O–H groups in total. The Hall–Kier alpha value is -1.27. The van der Waals surface area contributed by atoms with Gasteiger partial charge >= 0.3 is 10.4 Å². The minimum Gasteiger partial charge on any atom is -0.462 e. The molecule has 9 nitrogen and oxygen atoms in total. The highest BCUT2D eigenvalue weighted by atomic mass is 32.3. The van der Waals surface area contributed by atoms with E-state index in [1.54, 1.807) is 12.1 Å². The Morgan fingerprint density at radius 2 is 1.57 bits per heavy atom. The summed E-state index contributed by atoms with van der Waals surface area (Å²) in [6, 6.07) is 7.23. The summed E-state index contributed by atoms with van der Waals surface area (Å²) < 4.78 is 45.2. The van der Waals surface area contributed by atoms with Crippen LogP contribution in [0.4, 0.5) is 0 Å². The summed E-state index contributed by atoms with van der Waals surface area (Å²) in [5.41, 5.74) is 1.15. The minimum absolute atomic E-state index is 0.379. The first-order valence-corrected chi connectivity index (χ1v) is 11.6. The summed E-state index contributed by atoms with van der Waals surface area (Å²) in [5.74, 6) is 0.379. The molecule has 0 spiro atoms. The van der Waals surface area contributed by atoms with Gasteiger partial charge in [-0.3, -0.25) is 4.55 Å². The molecule has 1 aliphatic rings. The largest absolute Gasteiger partial charge is 0.462 e. The Morgan fingerprint density at radius 3 is 2.20 bits per heavy atom. The van der Waals surface area contributed by atoms with Crippen LogP contribution in [-0.4, -0.2) is 65.6 Å². The third kappa shape index (κ3) is 8.10. The summed E-state index contributed by atoms with van der Waals surface area (Å²) in [7, 11) is -4.75. The number of unbranched alkanes of at least 4 members (excludes halogenated alkanes) is 5. The summed E-state index contributed by atoms with van der Waals surface area (Å²) in [6.45, 7) is 1.44. The van der Waals surface area contributed by atoms with Gasteiger partial charge in [0.05, 0.1) is 6.61 Å². The summed E-state index contributed by atoms with van der Waals surface area (Å²) in [4.78, 5) is 0. The van der Waals surface area contributed by atoms with Gasteiger partial charge in [0.1, 0.15) is 30.2 Å². The molecule has 30 heavy (non-hydrogen) atoms. The predicted molar refractivity (Wildman–Crippen MR) is 108 cm³/mol. The molecular formula is C20H32O9S. The topological polar surface area (TPSA) is 143 Å². The number of ether oxygens (including phenoxy) is 2. The minimum atomic E-state index is -4.75. The molecule has 5 atom stereocenters. The first-order valence-electron chi connectivity index (χ1n) is 10.3. The average molecular weight is 449 g/mol. The first-order chi connectivity index (χ1) is 14.2. The van der Waals surface area contributed by atoms with Crippen LogP contribution in [-0.2, 0) is 25.7 Å². The number of aliphatic hydroxyl groups is 3. The Labute approximate surface area is 177 Å². The molecule has 0 aromatic heterocycles. The molecule has 1 aromatic rings. The van der Waals surface area contributed by atoms with Crippen molar-refractivity contribution in [1.82, 2.24) is 0 Å². The van der Waals surface area contributed by atoms with Gasteiger partial charge in [0.15, 0.2) is 0 Å². The monoisotopic (exact) mass is 448 g/mol. The maximum Gasteiger partial charge on any atom is 0.397 e. The van der Waals surface area contributed by atoms with Crippen molar-refractivity contribution in [2.45, 2.75) is 82.6 Å². The molecule has 0 bridgehead atoms. The van der Waals surface area contributed by atoms with Crippen LogP contribution in [0.1, 0.15) is 51.0 Å². The second kappa shape index (κ2) is 11.9. The lowest BCUT2D eigenvalue weighted by Gasteiger charge is -2.39. The zero-order chi connectivity index (χ0) is 22.1. The van der Waals surface area contributed by atoms with Crippen LogP contribution in [0.5, 0.6) is 5.75 Å². The SMILES string of the molecule is CCCCCCCCc1ccc(O[C@@H]2O[C@H](COS(=O)(=O)O)[C@@H](O)[C@H](O)[C@H]2O)cc1. The van der Waals surface area contributed by atoms with Crippen molar-refractivity contribution in [2.75, 3.05) is 6.61 Å². The van der Waals surface area contributed by atoms with Gasteiger partial charge < -0.3 is 24.8 Å². The highest BCUT2D eigenvalue weighted by Crippen LogP contribution is 2.25. The zero-order valence-corrected chi connectivity index (χ0v) is 17.9. The van der Waals surface area contributed by atoms with Crippen molar-refractivity contribution in [1.29, 1.82) is 0 Å². The normalized spacial score (nSPS) is 27.2. The lowest BCUT2D eigenvalue weighted by Crippen LogP contribution is -2.60. The molecule has 0 aliphatic carbocycles. The molecule has 0 saturated carbocycles. The van der Waals surface area contributed by atoms with Gasteiger partial charge in [-0.05, 0) is 30.5 Å². The Bertz CT molecular complexity index is 722. The van der Waals surface area contributed by atoms with Crippen molar-refractivity contribution in [2.24, 2.45) is 0 Å². The van der Waals surface area contributed by atoms with Crippen LogP contribution in [0, 0.1) is 0 Å². The van der Waals surface area contributed by atoms with Gasteiger partial charge in [0, 0.05) is 0 Å². The summed E-state index contributed by atoms with van der Waals surface area (Å²) in [5, 5.41) is 30.0. The van der Waals surface area contributed by atoms with Gasteiger partial charge in [0.25, 0.3) is 0 Å². The highest BCUT2D eigenvalue weighted by Gasteiger charge is 2.45. The van der Waals surface area contributed by atoms with E-state index in [4.69, 9.17) is 14.0 Å². The molecule has 1 fully saturated rings. The van der Waals surface area contributed by atoms with E-state index in [-0.39, 0.29) is 0 Å². The molecule has 1 saturated heterocycles. The fraction of sp³-hybridized carbons (Fsp3) is 0.700. The van der Waals surface area contributed by atoms with Crippen molar-refractivity contribution in [3.05, 3.63) is 29.8 Å². The fourth-order valence-electron chi connectivity index (χ4n) is 3.28. The summed E-state index contributed by atoms with van der Waals surface area (Å²) in [6.07, 6.45) is 0.728. The number of hydrogen-bond donors (Lipinski definition) is 4. The van der Waals surface area contributed by atoms with E-state index in [1.165, 1.54) is 32.1 Å². The van der Waals surface area contributed by atoms with Gasteiger partial charge in [-0.15, -0.1) is 0 Å². The van der Waals surface area contributed by atoms with E-state index in [2.05, 4.69) is 11.1 Å². The second-order valence-corrected chi connectivity index (χ2v) is 8.60. The molecule has 0 unspecified atom stereocenters. The van der Waals surface area contributed by atoms with Crippen molar-refractivity contribution >= 4 is 10.4 Å². The first kappa shape index (κ1) is 25.0. The van der Waals surface area contributed by atoms with Crippen molar-refractivity contribution in [3.8, 4) is 5.75 Å². The van der Waals surface area contributed by atoms with E-state index in [1.807, 2.05) is 12.1 Å². The molecular weight excluding hydrogens is 416 g/mol. The molecule has 2 rings (SSSR count). The standard InChI is InChI=1S/C20H32O9S/c1-2-3-4-5-6-7-8-14-9-11-15(12-10-14)28-20-19(23)18(22)17(21)16(29-20)13-27-30(24,25)26/h9-12,16-23H,2-8,13H2,1H3,(H,24,25,26)/t16-,17-,18+,19-,20-/m1/s1. The number of aliphatic hydroxyl groups excluding tert-OH is 3. The van der Waals surface area contributed by atoms with Gasteiger partial charge in [-0.1, -0.05) is 51.2 Å². The number of rotatable bonds is 12. The Morgan fingerprint density at radius 1 is 0.933 bits per heavy atom. The number of hydrogen-bond acceptors (Lipinski definition) is 8. The molecule has 10 heteroatoms. The molecule has 0 amide bonds. The van der Waals surface area contributed by atoms with Gasteiger partial charge in [-0.2, -0.15) is 8.42 Å². The maximum atomic E-state index is 10.7.